The topological polar surface area (TPSA) is 39.1 Å². The minimum atomic E-state index is -0.256. The second-order valence-corrected chi connectivity index (χ2v) is 4.79. The number of aryl methyl sites for hydroxylation is 3. The van der Waals surface area contributed by atoms with Gasteiger partial charge in [-0.3, -0.25) is 14.2 Å². The molecule has 1 heterocycles. The third-order valence-electron chi connectivity index (χ3n) is 3.09. The van der Waals surface area contributed by atoms with Gasteiger partial charge in [0.25, 0.3) is 5.56 Å². The monoisotopic (exact) mass is 255 g/mol. The van der Waals surface area contributed by atoms with Crippen molar-refractivity contribution in [2.45, 2.75) is 26.7 Å². The maximum atomic E-state index is 12.0. The Morgan fingerprint density at radius 1 is 1.05 bits per heavy atom. The van der Waals surface area contributed by atoms with Crippen LogP contribution in [0.5, 0.6) is 0 Å². The van der Waals surface area contributed by atoms with Crippen LogP contribution in [0.3, 0.4) is 0 Å². The van der Waals surface area contributed by atoms with Gasteiger partial charge in [-0.1, -0.05) is 29.8 Å². The molecule has 0 fully saturated rings. The van der Waals surface area contributed by atoms with E-state index in [0.29, 0.717) is 12.8 Å². The van der Waals surface area contributed by atoms with Gasteiger partial charge < -0.3 is 0 Å². The number of rotatable bonds is 3. The van der Waals surface area contributed by atoms with Crippen LogP contribution in [0, 0.1) is 13.8 Å². The standard InChI is InChI=1S/C16H17NO2/c1-12-3-5-14(6-4-12)7-8-15(18)17-10-9-13(2)11-16(17)19/h3-6,9-11H,7-8H2,1-2H3. The van der Waals surface area contributed by atoms with E-state index in [9.17, 15) is 9.59 Å². The third-order valence-corrected chi connectivity index (χ3v) is 3.09. The molecular weight excluding hydrogens is 238 g/mol. The molecule has 1 aromatic carbocycles. The molecule has 0 spiro atoms. The minimum Gasteiger partial charge on any atom is -0.274 e. The zero-order valence-corrected chi connectivity index (χ0v) is 11.2. The van der Waals surface area contributed by atoms with Gasteiger partial charge in [0, 0.05) is 18.7 Å². The fourth-order valence-corrected chi connectivity index (χ4v) is 1.91. The first-order chi connectivity index (χ1) is 9.06. The van der Waals surface area contributed by atoms with Crippen LogP contribution in [-0.2, 0) is 6.42 Å². The molecule has 3 nitrogen and oxygen atoms in total. The summed E-state index contributed by atoms with van der Waals surface area (Å²) in [6.07, 6.45) is 2.54. The Bertz CT molecular complexity index is 639. The highest BCUT2D eigenvalue weighted by atomic mass is 16.2. The van der Waals surface area contributed by atoms with E-state index >= 15 is 0 Å². The van der Waals surface area contributed by atoms with E-state index in [-0.39, 0.29) is 11.5 Å². The Labute approximate surface area is 112 Å². The average Bonchev–Trinajstić information content (AvgIpc) is 2.37. The van der Waals surface area contributed by atoms with Gasteiger partial charge in [0.15, 0.2) is 0 Å². The highest BCUT2D eigenvalue weighted by Crippen LogP contribution is 2.06. The molecule has 2 rings (SSSR count). The summed E-state index contributed by atoms with van der Waals surface area (Å²) in [5, 5.41) is 0. The fraction of sp³-hybridized carbons (Fsp3) is 0.250. The minimum absolute atomic E-state index is 0.162. The number of carbonyl (C=O) groups excluding carboxylic acids is 1. The smallest absolute Gasteiger partial charge is 0.257 e. The highest BCUT2D eigenvalue weighted by molar-refractivity contribution is 5.78. The number of pyridine rings is 1. The lowest BCUT2D eigenvalue weighted by atomic mass is 10.1. The predicted molar refractivity (Wildman–Crippen MR) is 75.6 cm³/mol. The van der Waals surface area contributed by atoms with E-state index in [2.05, 4.69) is 0 Å². The molecule has 0 aliphatic carbocycles. The summed E-state index contributed by atoms with van der Waals surface area (Å²) in [5.74, 6) is -0.162. The second-order valence-electron chi connectivity index (χ2n) is 4.79. The summed E-state index contributed by atoms with van der Waals surface area (Å²) in [6.45, 7) is 3.86. The van der Waals surface area contributed by atoms with Crippen LogP contribution >= 0.6 is 0 Å². The lowest BCUT2D eigenvalue weighted by Crippen LogP contribution is -2.25. The molecule has 19 heavy (non-hydrogen) atoms. The zero-order chi connectivity index (χ0) is 13.8. The Morgan fingerprint density at radius 3 is 2.37 bits per heavy atom. The lowest BCUT2D eigenvalue weighted by molar-refractivity contribution is 0.0898. The SMILES string of the molecule is Cc1ccc(CCC(=O)n2ccc(C)cc2=O)cc1. The number of nitrogens with zero attached hydrogens (tertiary/aromatic N) is 1. The summed E-state index contributed by atoms with van der Waals surface area (Å²) in [6, 6.07) is 11.3. The van der Waals surface area contributed by atoms with Crippen molar-refractivity contribution in [3.63, 3.8) is 0 Å². The number of aromatic nitrogens is 1. The van der Waals surface area contributed by atoms with E-state index in [0.717, 1.165) is 11.1 Å². The number of benzene rings is 1. The molecule has 0 bridgehead atoms. The predicted octanol–water partition coefficient (Wildman–Crippen LogP) is 2.74. The Kier molecular flexibility index (Phi) is 3.95. The second kappa shape index (κ2) is 5.65. The summed E-state index contributed by atoms with van der Waals surface area (Å²) >= 11 is 0. The van der Waals surface area contributed by atoms with E-state index < -0.39 is 0 Å². The first kappa shape index (κ1) is 13.3. The fourth-order valence-electron chi connectivity index (χ4n) is 1.91. The van der Waals surface area contributed by atoms with Gasteiger partial charge >= 0.3 is 0 Å². The van der Waals surface area contributed by atoms with Crippen LogP contribution in [0.25, 0.3) is 0 Å². The summed E-state index contributed by atoms with van der Waals surface area (Å²) in [4.78, 5) is 23.7. The van der Waals surface area contributed by atoms with Crippen LogP contribution < -0.4 is 5.56 Å². The molecule has 98 valence electrons. The normalized spacial score (nSPS) is 10.4. The molecule has 0 saturated heterocycles. The van der Waals surface area contributed by atoms with Crippen molar-refractivity contribution in [3.05, 3.63) is 69.6 Å². The van der Waals surface area contributed by atoms with Crippen LogP contribution in [0.1, 0.15) is 27.9 Å². The third kappa shape index (κ3) is 3.41. The van der Waals surface area contributed by atoms with Crippen molar-refractivity contribution >= 4 is 5.91 Å². The first-order valence-electron chi connectivity index (χ1n) is 6.34. The zero-order valence-electron chi connectivity index (χ0n) is 11.2. The van der Waals surface area contributed by atoms with Crippen LogP contribution in [0.4, 0.5) is 0 Å². The van der Waals surface area contributed by atoms with Gasteiger partial charge in [0.05, 0.1) is 0 Å². The van der Waals surface area contributed by atoms with E-state index in [1.54, 1.807) is 12.3 Å². The molecule has 0 unspecified atom stereocenters. The van der Waals surface area contributed by atoms with Crippen molar-refractivity contribution in [1.82, 2.24) is 4.57 Å². The number of hydrogen-bond acceptors (Lipinski definition) is 2. The number of carbonyl (C=O) groups is 1. The Morgan fingerprint density at radius 2 is 1.74 bits per heavy atom. The summed E-state index contributed by atoms with van der Waals surface area (Å²) in [5.41, 5.74) is 2.92. The van der Waals surface area contributed by atoms with Crippen LogP contribution in [0.2, 0.25) is 0 Å². The van der Waals surface area contributed by atoms with Crippen molar-refractivity contribution in [1.29, 1.82) is 0 Å². The van der Waals surface area contributed by atoms with Crippen molar-refractivity contribution in [3.8, 4) is 0 Å². The molecule has 2 aromatic rings. The molecule has 3 heteroatoms. The van der Waals surface area contributed by atoms with E-state index in [4.69, 9.17) is 0 Å². The molecule has 1 aromatic heterocycles. The summed E-state index contributed by atoms with van der Waals surface area (Å²) in [7, 11) is 0. The Balaban J connectivity index is 2.05. The maximum absolute atomic E-state index is 12.0. The average molecular weight is 255 g/mol. The largest absolute Gasteiger partial charge is 0.274 e. The van der Waals surface area contributed by atoms with E-state index in [1.165, 1.54) is 16.2 Å². The summed E-state index contributed by atoms with van der Waals surface area (Å²) < 4.78 is 1.18. The maximum Gasteiger partial charge on any atom is 0.257 e. The molecule has 0 aliphatic heterocycles. The molecule has 0 N–H and O–H groups in total. The van der Waals surface area contributed by atoms with Crippen LogP contribution in [0.15, 0.2) is 47.4 Å². The molecule has 0 amide bonds. The molecule has 0 aliphatic rings. The van der Waals surface area contributed by atoms with Gasteiger partial charge in [-0.05, 0) is 37.5 Å². The van der Waals surface area contributed by atoms with Gasteiger partial charge in [-0.2, -0.15) is 0 Å². The van der Waals surface area contributed by atoms with Gasteiger partial charge in [0.1, 0.15) is 0 Å². The Hall–Kier alpha value is -2.16. The highest BCUT2D eigenvalue weighted by Gasteiger charge is 2.07. The van der Waals surface area contributed by atoms with Gasteiger partial charge in [-0.15, -0.1) is 0 Å². The molecule has 0 radical (unpaired) electrons. The van der Waals surface area contributed by atoms with Crippen molar-refractivity contribution < 1.29 is 4.79 Å². The molecule has 0 saturated carbocycles. The van der Waals surface area contributed by atoms with Crippen molar-refractivity contribution in [2.24, 2.45) is 0 Å². The quantitative estimate of drug-likeness (QED) is 0.846. The molecule has 0 atom stereocenters. The van der Waals surface area contributed by atoms with Crippen LogP contribution in [-0.4, -0.2) is 10.5 Å². The lowest BCUT2D eigenvalue weighted by Gasteiger charge is -2.05. The first-order valence-corrected chi connectivity index (χ1v) is 6.34. The van der Waals surface area contributed by atoms with Crippen molar-refractivity contribution in [2.75, 3.05) is 0 Å². The molecular formula is C16H17NO2. The van der Waals surface area contributed by atoms with Gasteiger partial charge in [-0.25, -0.2) is 0 Å². The van der Waals surface area contributed by atoms with Gasteiger partial charge in [0.2, 0.25) is 5.91 Å². The number of hydrogen-bond donors (Lipinski definition) is 0. The van der Waals surface area contributed by atoms with E-state index in [1.807, 2.05) is 38.1 Å².